The molecule has 0 heterocycles. The molecule has 0 aliphatic carbocycles. The van der Waals surface area contributed by atoms with Crippen LogP contribution in [0.3, 0.4) is 0 Å². The summed E-state index contributed by atoms with van der Waals surface area (Å²) in [6, 6.07) is 7.61. The molecule has 168 valence electrons. The molecule has 0 aromatic heterocycles. The van der Waals surface area contributed by atoms with Crippen LogP contribution in [0.15, 0.2) is 24.3 Å². The third kappa shape index (κ3) is 8.74. The number of hydrogen-bond acceptors (Lipinski definition) is 3. The number of benzene rings is 1. The summed E-state index contributed by atoms with van der Waals surface area (Å²) in [5.41, 5.74) is 0. The number of rotatable bonds is 10. The summed E-state index contributed by atoms with van der Waals surface area (Å²) >= 11 is 6.14. The second-order valence-electron chi connectivity index (χ2n) is 11.0. The summed E-state index contributed by atoms with van der Waals surface area (Å²) in [4.78, 5) is 0. The fourth-order valence-corrected chi connectivity index (χ4v) is 4.59. The second-order valence-corrected chi connectivity index (χ2v) is 21.1. The predicted molar refractivity (Wildman–Crippen MR) is 131 cm³/mol. The van der Waals surface area contributed by atoms with E-state index >= 15 is 0 Å². The third-order valence-electron chi connectivity index (χ3n) is 6.47. The molecule has 3 nitrogen and oxygen atoms in total. The Bertz CT molecular complexity index is 634. The van der Waals surface area contributed by atoms with Crippen LogP contribution in [0.25, 0.3) is 0 Å². The maximum atomic E-state index is 6.46. The zero-order valence-electron chi connectivity index (χ0n) is 20.3. The van der Waals surface area contributed by atoms with E-state index < -0.39 is 16.6 Å². The first kappa shape index (κ1) is 26.7. The van der Waals surface area contributed by atoms with Gasteiger partial charge in [0.2, 0.25) is 0 Å². The van der Waals surface area contributed by atoms with Gasteiger partial charge < -0.3 is 13.6 Å². The predicted octanol–water partition coefficient (Wildman–Crippen LogP) is 7.91. The normalized spacial score (nSPS) is 14.7. The van der Waals surface area contributed by atoms with Gasteiger partial charge in [0.1, 0.15) is 11.9 Å². The van der Waals surface area contributed by atoms with Crippen LogP contribution in [-0.4, -0.2) is 36.0 Å². The molecule has 0 aliphatic heterocycles. The van der Waals surface area contributed by atoms with Crippen molar-refractivity contribution in [1.82, 2.24) is 0 Å². The lowest BCUT2D eigenvalue weighted by molar-refractivity contribution is 0.106. The molecule has 6 heteroatoms. The van der Waals surface area contributed by atoms with E-state index in [1.165, 1.54) is 0 Å². The Hall–Kier alpha value is -0.336. The molecule has 1 rings (SSSR count). The van der Waals surface area contributed by atoms with Gasteiger partial charge in [-0.1, -0.05) is 59.2 Å². The van der Waals surface area contributed by atoms with Crippen molar-refractivity contribution in [3.05, 3.63) is 29.3 Å². The molecule has 0 fully saturated rings. The average molecular weight is 459 g/mol. The van der Waals surface area contributed by atoms with E-state index in [0.717, 1.165) is 25.2 Å². The zero-order chi connectivity index (χ0) is 22.5. The highest BCUT2D eigenvalue weighted by atomic mass is 35.5. The van der Waals surface area contributed by atoms with E-state index in [4.69, 9.17) is 25.2 Å². The van der Waals surface area contributed by atoms with E-state index in [2.05, 4.69) is 67.7 Å². The fourth-order valence-electron chi connectivity index (χ4n) is 2.28. The molecular weight excluding hydrogens is 416 g/mol. The van der Waals surface area contributed by atoms with E-state index in [1.54, 1.807) is 0 Å². The molecule has 1 aromatic rings. The van der Waals surface area contributed by atoms with Crippen molar-refractivity contribution in [2.24, 2.45) is 0 Å². The Kier molecular flexibility index (Phi) is 9.50. The summed E-state index contributed by atoms with van der Waals surface area (Å²) in [5, 5.41) is 1.10. The summed E-state index contributed by atoms with van der Waals surface area (Å²) in [6.07, 6.45) is 1.85. The first-order chi connectivity index (χ1) is 13.1. The SMILES string of the molecule is CC(C)(C)[Si](C)(C)OCCCC(CO[Si](C)(C)C(C)(C)C)Oc1cccc(Cl)c1. The van der Waals surface area contributed by atoms with Crippen LogP contribution in [0.5, 0.6) is 5.75 Å². The van der Waals surface area contributed by atoms with Crippen LogP contribution in [0.4, 0.5) is 0 Å². The van der Waals surface area contributed by atoms with E-state index in [1.807, 2.05) is 24.3 Å². The molecule has 0 spiro atoms. The Morgan fingerprint density at radius 1 is 0.897 bits per heavy atom. The Labute approximate surface area is 186 Å². The van der Waals surface area contributed by atoms with Gasteiger partial charge in [-0.15, -0.1) is 0 Å². The number of hydrogen-bond donors (Lipinski definition) is 0. The summed E-state index contributed by atoms with van der Waals surface area (Å²) in [7, 11) is -3.54. The van der Waals surface area contributed by atoms with Crippen LogP contribution < -0.4 is 4.74 Å². The van der Waals surface area contributed by atoms with Crippen molar-refractivity contribution < 1.29 is 13.6 Å². The Morgan fingerprint density at radius 2 is 1.45 bits per heavy atom. The molecule has 0 amide bonds. The second kappa shape index (κ2) is 10.3. The van der Waals surface area contributed by atoms with Crippen molar-refractivity contribution in [2.45, 2.75) is 96.8 Å². The zero-order valence-corrected chi connectivity index (χ0v) is 23.1. The van der Waals surface area contributed by atoms with Crippen LogP contribution in [0.2, 0.25) is 41.3 Å². The fraction of sp³-hybridized carbons (Fsp3) is 0.739. The molecule has 0 saturated heterocycles. The summed E-state index contributed by atoms with van der Waals surface area (Å²) < 4.78 is 19.1. The van der Waals surface area contributed by atoms with Crippen molar-refractivity contribution in [3.8, 4) is 5.75 Å². The monoisotopic (exact) mass is 458 g/mol. The van der Waals surface area contributed by atoms with Crippen LogP contribution in [0, 0.1) is 0 Å². The average Bonchev–Trinajstić information content (AvgIpc) is 2.54. The van der Waals surface area contributed by atoms with Gasteiger partial charge in [0.05, 0.1) is 6.61 Å². The number of halogens is 1. The molecule has 1 unspecified atom stereocenters. The van der Waals surface area contributed by atoms with Crippen LogP contribution in [-0.2, 0) is 8.85 Å². The lowest BCUT2D eigenvalue weighted by Gasteiger charge is -2.37. The van der Waals surface area contributed by atoms with Crippen molar-refractivity contribution in [3.63, 3.8) is 0 Å². The smallest absolute Gasteiger partial charge is 0.192 e. The van der Waals surface area contributed by atoms with Crippen LogP contribution in [0.1, 0.15) is 54.4 Å². The van der Waals surface area contributed by atoms with Gasteiger partial charge in [-0.25, -0.2) is 0 Å². The van der Waals surface area contributed by atoms with E-state index in [-0.39, 0.29) is 16.2 Å². The topological polar surface area (TPSA) is 27.7 Å². The molecule has 1 atom stereocenters. The van der Waals surface area contributed by atoms with Gasteiger partial charge in [-0.3, -0.25) is 0 Å². The highest BCUT2D eigenvalue weighted by Gasteiger charge is 2.38. The van der Waals surface area contributed by atoms with Crippen molar-refractivity contribution in [1.29, 1.82) is 0 Å². The summed E-state index contributed by atoms with van der Waals surface area (Å²) in [5.74, 6) is 0.798. The lowest BCUT2D eigenvalue weighted by Crippen LogP contribution is -2.43. The van der Waals surface area contributed by atoms with Gasteiger partial charge in [-0.2, -0.15) is 0 Å². The highest BCUT2D eigenvalue weighted by Crippen LogP contribution is 2.37. The molecular formula is C23H43ClO3Si2. The quantitative estimate of drug-likeness (QED) is 0.263. The van der Waals surface area contributed by atoms with E-state index in [9.17, 15) is 0 Å². The molecule has 0 bridgehead atoms. The van der Waals surface area contributed by atoms with Crippen molar-refractivity contribution >= 4 is 28.2 Å². The van der Waals surface area contributed by atoms with E-state index in [0.29, 0.717) is 11.6 Å². The maximum absolute atomic E-state index is 6.46. The first-order valence-electron chi connectivity index (χ1n) is 10.8. The standard InChI is InChI=1S/C23H43ClO3Si2/c1-22(2,3)28(7,8)25-16-12-15-21(18-26-29(9,10)23(4,5)6)27-20-14-11-13-19(24)17-20/h11,13-14,17,21H,12,15-16,18H2,1-10H3. The van der Waals surface area contributed by atoms with Gasteiger partial charge in [0.15, 0.2) is 16.6 Å². The third-order valence-corrected chi connectivity index (χ3v) is 15.7. The van der Waals surface area contributed by atoms with Gasteiger partial charge in [0, 0.05) is 11.6 Å². The Balaban J connectivity index is 2.72. The molecule has 0 N–H and O–H groups in total. The minimum absolute atomic E-state index is 0.00870. The van der Waals surface area contributed by atoms with Crippen LogP contribution >= 0.6 is 11.6 Å². The largest absolute Gasteiger partial charge is 0.488 e. The minimum Gasteiger partial charge on any atom is -0.488 e. The first-order valence-corrected chi connectivity index (χ1v) is 16.9. The molecule has 1 aromatic carbocycles. The molecule has 29 heavy (non-hydrogen) atoms. The molecule has 0 aliphatic rings. The molecule has 0 radical (unpaired) electrons. The van der Waals surface area contributed by atoms with Gasteiger partial charge in [-0.05, 0) is 67.3 Å². The highest BCUT2D eigenvalue weighted by molar-refractivity contribution is 6.74. The maximum Gasteiger partial charge on any atom is 0.192 e. The van der Waals surface area contributed by atoms with Gasteiger partial charge in [0.25, 0.3) is 0 Å². The van der Waals surface area contributed by atoms with Crippen molar-refractivity contribution in [2.75, 3.05) is 13.2 Å². The number of ether oxygens (including phenoxy) is 1. The van der Waals surface area contributed by atoms with Gasteiger partial charge >= 0.3 is 0 Å². The lowest BCUT2D eigenvalue weighted by atomic mass is 10.2. The minimum atomic E-state index is -1.83. The molecule has 0 saturated carbocycles. The Morgan fingerprint density at radius 3 is 1.97 bits per heavy atom. The summed E-state index contributed by atoms with van der Waals surface area (Å²) in [6.45, 7) is 24.1.